The van der Waals surface area contributed by atoms with Crippen molar-refractivity contribution in [2.75, 3.05) is 26.9 Å². The predicted octanol–water partition coefficient (Wildman–Crippen LogP) is 5.27. The van der Waals surface area contributed by atoms with E-state index in [1.807, 2.05) is 30.3 Å². The molecule has 0 unspecified atom stereocenters. The first-order valence-corrected chi connectivity index (χ1v) is 13.0. The highest BCUT2D eigenvalue weighted by molar-refractivity contribution is 6.46. The molecule has 2 aliphatic rings. The van der Waals surface area contributed by atoms with E-state index in [1.54, 1.807) is 43.5 Å². The van der Waals surface area contributed by atoms with Crippen molar-refractivity contribution in [2.24, 2.45) is 0 Å². The smallest absolute Gasteiger partial charge is 0.295 e. The molecule has 3 aromatic carbocycles. The zero-order valence-electron chi connectivity index (χ0n) is 22.0. The van der Waals surface area contributed by atoms with Gasteiger partial charge < -0.3 is 29.0 Å². The molecule has 202 valence electrons. The summed E-state index contributed by atoms with van der Waals surface area (Å²) < 4.78 is 22.7. The summed E-state index contributed by atoms with van der Waals surface area (Å²) in [4.78, 5) is 28.3. The summed E-state index contributed by atoms with van der Waals surface area (Å²) in [5.41, 5.74) is 1.82. The number of aliphatic hydroxyl groups excluding tert-OH is 1. The summed E-state index contributed by atoms with van der Waals surface area (Å²) in [6.45, 7) is 3.63. The monoisotopic (exact) mass is 529 g/mol. The van der Waals surface area contributed by atoms with E-state index >= 15 is 0 Å². The topological polar surface area (TPSA) is 94.5 Å². The Balaban J connectivity index is 1.61. The first-order valence-electron chi connectivity index (χ1n) is 13.0. The van der Waals surface area contributed by atoms with Gasteiger partial charge in [-0.2, -0.15) is 0 Å². The van der Waals surface area contributed by atoms with E-state index in [0.29, 0.717) is 53.9 Å². The van der Waals surface area contributed by atoms with Crippen LogP contribution in [0.3, 0.4) is 0 Å². The summed E-state index contributed by atoms with van der Waals surface area (Å²) >= 11 is 0. The third-order valence-electron chi connectivity index (χ3n) is 6.81. The molecule has 1 N–H and O–H groups in total. The van der Waals surface area contributed by atoms with Crippen LogP contribution >= 0.6 is 0 Å². The maximum absolute atomic E-state index is 13.5. The maximum atomic E-state index is 13.5. The molecular formula is C31H31NO7. The van der Waals surface area contributed by atoms with Crippen LogP contribution in [0.4, 0.5) is 0 Å². The molecule has 5 rings (SSSR count). The standard InChI is InChI=1S/C31H31NO7/c1-3-4-14-37-23-12-10-21(17-25(23)36-2)28-27(29(33)22-11-13-24-26(18-22)39-16-15-38-24)30(34)31(35)32(28)19-20-8-6-5-7-9-20/h5-13,17-18,28,33H,3-4,14-16,19H2,1-2H3/t28-/m0/s1. The third kappa shape index (κ3) is 5.27. The van der Waals surface area contributed by atoms with Crippen molar-refractivity contribution in [1.29, 1.82) is 0 Å². The maximum Gasteiger partial charge on any atom is 0.295 e. The molecule has 2 heterocycles. The van der Waals surface area contributed by atoms with Gasteiger partial charge >= 0.3 is 0 Å². The minimum Gasteiger partial charge on any atom is -0.507 e. The average molecular weight is 530 g/mol. The molecule has 0 aromatic heterocycles. The van der Waals surface area contributed by atoms with Crippen molar-refractivity contribution >= 4 is 17.4 Å². The van der Waals surface area contributed by atoms with Gasteiger partial charge in [-0.05, 0) is 47.9 Å². The first-order chi connectivity index (χ1) is 19.0. The van der Waals surface area contributed by atoms with Crippen LogP contribution in [0.15, 0.2) is 72.3 Å². The Morgan fingerprint density at radius 1 is 0.974 bits per heavy atom. The minimum absolute atomic E-state index is 0.00527. The molecule has 8 heteroatoms. The highest BCUT2D eigenvalue weighted by Gasteiger charge is 2.46. The average Bonchev–Trinajstić information content (AvgIpc) is 3.22. The second-order valence-corrected chi connectivity index (χ2v) is 9.38. The summed E-state index contributed by atoms with van der Waals surface area (Å²) in [7, 11) is 1.54. The Morgan fingerprint density at radius 2 is 1.74 bits per heavy atom. The van der Waals surface area contributed by atoms with Crippen molar-refractivity contribution in [1.82, 2.24) is 4.90 Å². The Morgan fingerprint density at radius 3 is 2.49 bits per heavy atom. The van der Waals surface area contributed by atoms with E-state index in [0.717, 1.165) is 18.4 Å². The zero-order valence-corrected chi connectivity index (χ0v) is 22.0. The number of ketones is 1. The molecular weight excluding hydrogens is 498 g/mol. The van der Waals surface area contributed by atoms with Crippen molar-refractivity contribution in [3.05, 3.63) is 89.0 Å². The number of carbonyl (C=O) groups is 2. The van der Waals surface area contributed by atoms with E-state index in [2.05, 4.69) is 6.92 Å². The summed E-state index contributed by atoms with van der Waals surface area (Å²) in [6.07, 6.45) is 1.89. The van der Waals surface area contributed by atoms with Crippen LogP contribution in [0.5, 0.6) is 23.0 Å². The number of hydrogen-bond donors (Lipinski definition) is 1. The molecule has 0 spiro atoms. The quantitative estimate of drug-likeness (QED) is 0.175. The fraction of sp³-hybridized carbons (Fsp3) is 0.290. The highest BCUT2D eigenvalue weighted by atomic mass is 16.6. The van der Waals surface area contributed by atoms with Crippen LogP contribution in [0.2, 0.25) is 0 Å². The number of fused-ring (bicyclic) bond motifs is 1. The van der Waals surface area contributed by atoms with Gasteiger partial charge in [0, 0.05) is 12.1 Å². The lowest BCUT2D eigenvalue weighted by Crippen LogP contribution is -2.29. The molecule has 0 bridgehead atoms. The lowest BCUT2D eigenvalue weighted by molar-refractivity contribution is -0.140. The van der Waals surface area contributed by atoms with Gasteiger partial charge in [-0.1, -0.05) is 49.7 Å². The summed E-state index contributed by atoms with van der Waals surface area (Å²) in [5.74, 6) is 0.344. The Bertz CT molecular complexity index is 1400. The SMILES string of the molecule is CCCCOc1ccc([C@H]2C(=C(O)c3ccc4c(c3)OCCO4)C(=O)C(=O)N2Cc2ccccc2)cc1OC. The molecule has 0 saturated carbocycles. The highest BCUT2D eigenvalue weighted by Crippen LogP contribution is 2.43. The first kappa shape index (κ1) is 26.2. The van der Waals surface area contributed by atoms with Crippen LogP contribution in [0, 0.1) is 0 Å². The van der Waals surface area contributed by atoms with Crippen LogP contribution in [-0.4, -0.2) is 48.6 Å². The number of benzene rings is 3. The van der Waals surface area contributed by atoms with Gasteiger partial charge in [0.25, 0.3) is 11.7 Å². The van der Waals surface area contributed by atoms with Gasteiger partial charge in [-0.3, -0.25) is 9.59 Å². The molecule has 39 heavy (non-hydrogen) atoms. The molecule has 0 radical (unpaired) electrons. The number of unbranched alkanes of at least 4 members (excludes halogenated alkanes) is 1. The van der Waals surface area contributed by atoms with E-state index in [4.69, 9.17) is 18.9 Å². The zero-order chi connectivity index (χ0) is 27.4. The van der Waals surface area contributed by atoms with Crippen molar-refractivity contribution < 1.29 is 33.6 Å². The molecule has 1 amide bonds. The van der Waals surface area contributed by atoms with Gasteiger partial charge in [0.15, 0.2) is 23.0 Å². The summed E-state index contributed by atoms with van der Waals surface area (Å²) in [5, 5.41) is 11.5. The normalized spacial score (nSPS) is 17.8. The van der Waals surface area contributed by atoms with E-state index in [-0.39, 0.29) is 17.9 Å². The molecule has 2 aliphatic heterocycles. The number of ether oxygens (including phenoxy) is 4. The van der Waals surface area contributed by atoms with Gasteiger partial charge in [-0.25, -0.2) is 0 Å². The number of Topliss-reactive ketones (excluding diaryl/α,β-unsaturated/α-hetero) is 1. The Labute approximate surface area is 227 Å². The van der Waals surface area contributed by atoms with Crippen LogP contribution in [0.25, 0.3) is 5.76 Å². The third-order valence-corrected chi connectivity index (χ3v) is 6.81. The molecule has 3 aromatic rings. The number of aliphatic hydroxyl groups is 1. The van der Waals surface area contributed by atoms with Crippen molar-refractivity contribution in [3.8, 4) is 23.0 Å². The number of amides is 1. The van der Waals surface area contributed by atoms with Gasteiger partial charge in [0.2, 0.25) is 0 Å². The summed E-state index contributed by atoms with van der Waals surface area (Å²) in [6, 6.07) is 18.9. The Hall–Kier alpha value is -4.46. The minimum atomic E-state index is -0.850. The predicted molar refractivity (Wildman–Crippen MR) is 145 cm³/mol. The van der Waals surface area contributed by atoms with Crippen LogP contribution in [0.1, 0.15) is 42.5 Å². The van der Waals surface area contributed by atoms with Gasteiger partial charge in [0.05, 0.1) is 25.3 Å². The molecule has 1 fully saturated rings. The van der Waals surface area contributed by atoms with E-state index in [1.165, 1.54) is 4.90 Å². The fourth-order valence-corrected chi connectivity index (χ4v) is 4.82. The van der Waals surface area contributed by atoms with E-state index < -0.39 is 17.7 Å². The Kier molecular flexibility index (Phi) is 7.72. The molecule has 8 nitrogen and oxygen atoms in total. The number of rotatable bonds is 9. The van der Waals surface area contributed by atoms with Gasteiger partial charge in [-0.15, -0.1) is 0 Å². The van der Waals surface area contributed by atoms with Crippen LogP contribution in [-0.2, 0) is 16.1 Å². The number of nitrogens with zero attached hydrogens (tertiary/aromatic N) is 1. The molecule has 1 atom stereocenters. The van der Waals surface area contributed by atoms with Crippen molar-refractivity contribution in [3.63, 3.8) is 0 Å². The second kappa shape index (κ2) is 11.5. The number of methoxy groups -OCH3 is 1. The van der Waals surface area contributed by atoms with Crippen LogP contribution < -0.4 is 18.9 Å². The molecule has 1 saturated heterocycles. The lowest BCUT2D eigenvalue weighted by Gasteiger charge is -2.26. The number of carbonyl (C=O) groups excluding carboxylic acids is 2. The number of likely N-dealkylation sites (tertiary alicyclic amines) is 1. The van der Waals surface area contributed by atoms with Gasteiger partial charge in [0.1, 0.15) is 19.0 Å². The number of hydrogen-bond acceptors (Lipinski definition) is 7. The van der Waals surface area contributed by atoms with E-state index in [9.17, 15) is 14.7 Å². The lowest BCUT2D eigenvalue weighted by atomic mass is 9.94. The molecule has 0 aliphatic carbocycles. The van der Waals surface area contributed by atoms with Crippen molar-refractivity contribution in [2.45, 2.75) is 32.4 Å². The second-order valence-electron chi connectivity index (χ2n) is 9.38. The largest absolute Gasteiger partial charge is 0.507 e. The fourth-order valence-electron chi connectivity index (χ4n) is 4.82.